The minimum Gasteiger partial charge on any atom is -0.420 e. The van der Waals surface area contributed by atoms with Gasteiger partial charge in [-0.25, -0.2) is 4.98 Å². The highest BCUT2D eigenvalue weighted by atomic mass is 35.5. The van der Waals surface area contributed by atoms with Crippen molar-refractivity contribution in [1.82, 2.24) is 25.4 Å². The summed E-state index contributed by atoms with van der Waals surface area (Å²) in [7, 11) is 0. The molecule has 26 heavy (non-hydrogen) atoms. The van der Waals surface area contributed by atoms with Crippen molar-refractivity contribution in [3.8, 4) is 22.2 Å². The molecule has 3 heterocycles. The minimum absolute atomic E-state index is 0.433. The molecule has 3 aromatic heterocycles. The SMILES string of the molecule is Cc1nc(C)c(-c2nnc(SCc3nnc(-c4ccc(Cl)cc4)o3)o2)s1. The van der Waals surface area contributed by atoms with Crippen molar-refractivity contribution in [2.24, 2.45) is 0 Å². The average molecular weight is 406 g/mol. The number of aryl methyl sites for hydroxylation is 2. The van der Waals surface area contributed by atoms with Crippen LogP contribution in [-0.2, 0) is 5.75 Å². The lowest BCUT2D eigenvalue weighted by Crippen LogP contribution is -1.80. The van der Waals surface area contributed by atoms with E-state index in [1.807, 2.05) is 26.0 Å². The Kier molecular flexibility index (Phi) is 4.75. The molecule has 0 saturated heterocycles. The molecule has 0 N–H and O–H groups in total. The summed E-state index contributed by atoms with van der Waals surface area (Å²) in [4.78, 5) is 5.26. The van der Waals surface area contributed by atoms with Gasteiger partial charge in [-0.3, -0.25) is 0 Å². The van der Waals surface area contributed by atoms with E-state index < -0.39 is 0 Å². The number of aromatic nitrogens is 5. The van der Waals surface area contributed by atoms with Gasteiger partial charge in [0.2, 0.25) is 11.8 Å². The van der Waals surface area contributed by atoms with Gasteiger partial charge in [0, 0.05) is 10.6 Å². The third-order valence-electron chi connectivity index (χ3n) is 3.38. The van der Waals surface area contributed by atoms with Gasteiger partial charge in [-0.2, -0.15) is 0 Å². The van der Waals surface area contributed by atoms with Gasteiger partial charge in [-0.05, 0) is 38.1 Å². The lowest BCUT2D eigenvalue weighted by atomic mass is 10.2. The lowest BCUT2D eigenvalue weighted by Gasteiger charge is -1.94. The van der Waals surface area contributed by atoms with Crippen molar-refractivity contribution in [1.29, 1.82) is 0 Å². The monoisotopic (exact) mass is 405 g/mol. The van der Waals surface area contributed by atoms with Crippen LogP contribution in [0.25, 0.3) is 22.2 Å². The number of thioether (sulfide) groups is 1. The first-order chi connectivity index (χ1) is 12.6. The van der Waals surface area contributed by atoms with Crippen molar-refractivity contribution in [2.75, 3.05) is 0 Å². The van der Waals surface area contributed by atoms with Gasteiger partial charge in [0.05, 0.1) is 16.5 Å². The minimum atomic E-state index is 0.433. The maximum atomic E-state index is 5.88. The molecule has 132 valence electrons. The van der Waals surface area contributed by atoms with E-state index in [2.05, 4.69) is 25.4 Å². The molecule has 0 spiro atoms. The van der Waals surface area contributed by atoms with Crippen molar-refractivity contribution < 1.29 is 8.83 Å². The largest absolute Gasteiger partial charge is 0.420 e. The van der Waals surface area contributed by atoms with Crippen LogP contribution in [0.15, 0.2) is 38.3 Å². The lowest BCUT2D eigenvalue weighted by molar-refractivity contribution is 0.465. The second-order valence-electron chi connectivity index (χ2n) is 5.32. The predicted molar refractivity (Wildman–Crippen MR) is 99.2 cm³/mol. The van der Waals surface area contributed by atoms with Gasteiger partial charge in [0.25, 0.3) is 11.1 Å². The molecule has 0 fully saturated rings. The molecule has 4 aromatic rings. The van der Waals surface area contributed by atoms with Crippen LogP contribution in [0.5, 0.6) is 0 Å². The average Bonchev–Trinajstić information content (AvgIpc) is 3.33. The van der Waals surface area contributed by atoms with E-state index in [-0.39, 0.29) is 0 Å². The van der Waals surface area contributed by atoms with Crippen LogP contribution in [0, 0.1) is 13.8 Å². The molecule has 0 unspecified atom stereocenters. The Balaban J connectivity index is 1.43. The van der Waals surface area contributed by atoms with Crippen LogP contribution in [0.4, 0.5) is 0 Å². The van der Waals surface area contributed by atoms with Crippen molar-refractivity contribution in [2.45, 2.75) is 24.8 Å². The fourth-order valence-electron chi connectivity index (χ4n) is 2.23. The Morgan fingerprint density at radius 2 is 1.77 bits per heavy atom. The van der Waals surface area contributed by atoms with E-state index in [0.29, 0.717) is 33.7 Å². The van der Waals surface area contributed by atoms with Gasteiger partial charge in [-0.15, -0.1) is 31.7 Å². The molecular formula is C16H12ClN5O2S2. The summed E-state index contributed by atoms with van der Waals surface area (Å²) in [5.41, 5.74) is 1.70. The summed E-state index contributed by atoms with van der Waals surface area (Å²) in [5.74, 6) is 1.83. The van der Waals surface area contributed by atoms with E-state index in [4.69, 9.17) is 20.4 Å². The highest BCUT2D eigenvalue weighted by molar-refractivity contribution is 7.98. The zero-order valence-electron chi connectivity index (χ0n) is 13.8. The Morgan fingerprint density at radius 1 is 1.00 bits per heavy atom. The van der Waals surface area contributed by atoms with E-state index in [1.165, 1.54) is 23.1 Å². The number of rotatable bonds is 5. The van der Waals surface area contributed by atoms with E-state index >= 15 is 0 Å². The Morgan fingerprint density at radius 3 is 2.50 bits per heavy atom. The Labute approximate surface area is 161 Å². The van der Waals surface area contributed by atoms with Crippen molar-refractivity contribution in [3.05, 3.63) is 45.9 Å². The standard InChI is InChI=1S/C16H12ClN5O2S2/c1-8-13(26-9(2)18-8)15-21-22-16(24-15)25-7-12-19-20-14(23-12)10-3-5-11(17)6-4-10/h3-6H,7H2,1-2H3. The van der Waals surface area contributed by atoms with Crippen LogP contribution in [0.2, 0.25) is 5.02 Å². The number of halogens is 1. The Hall–Kier alpha value is -2.23. The van der Waals surface area contributed by atoms with Crippen LogP contribution in [-0.4, -0.2) is 25.4 Å². The molecule has 10 heteroatoms. The third-order valence-corrected chi connectivity index (χ3v) is 5.50. The molecule has 1 aromatic carbocycles. The van der Waals surface area contributed by atoms with Crippen LogP contribution in [0.1, 0.15) is 16.6 Å². The van der Waals surface area contributed by atoms with Gasteiger partial charge >= 0.3 is 0 Å². The molecule has 0 atom stereocenters. The topological polar surface area (TPSA) is 90.7 Å². The number of thiazole rings is 1. The maximum absolute atomic E-state index is 5.88. The number of hydrogen-bond acceptors (Lipinski definition) is 9. The molecule has 0 bridgehead atoms. The van der Waals surface area contributed by atoms with Crippen LogP contribution < -0.4 is 0 Å². The summed E-state index contributed by atoms with van der Waals surface area (Å²) in [6.07, 6.45) is 0. The molecule has 0 aliphatic rings. The molecule has 0 radical (unpaired) electrons. The zero-order chi connectivity index (χ0) is 18.1. The van der Waals surface area contributed by atoms with Gasteiger partial charge in [0.1, 0.15) is 4.88 Å². The second kappa shape index (κ2) is 7.18. The van der Waals surface area contributed by atoms with Crippen molar-refractivity contribution in [3.63, 3.8) is 0 Å². The van der Waals surface area contributed by atoms with Gasteiger partial charge in [-0.1, -0.05) is 23.4 Å². The fraction of sp³-hybridized carbons (Fsp3) is 0.188. The molecule has 0 saturated carbocycles. The molecule has 4 rings (SSSR count). The maximum Gasteiger partial charge on any atom is 0.277 e. The smallest absolute Gasteiger partial charge is 0.277 e. The normalized spacial score (nSPS) is 11.2. The fourth-order valence-corrected chi connectivity index (χ4v) is 3.80. The molecule has 7 nitrogen and oxygen atoms in total. The summed E-state index contributed by atoms with van der Waals surface area (Å²) < 4.78 is 11.4. The second-order valence-corrected chi connectivity index (χ2v) is 7.88. The molecular weight excluding hydrogens is 394 g/mol. The highest BCUT2D eigenvalue weighted by Gasteiger charge is 2.16. The number of benzene rings is 1. The zero-order valence-corrected chi connectivity index (χ0v) is 16.2. The van der Waals surface area contributed by atoms with Crippen molar-refractivity contribution >= 4 is 34.7 Å². The summed E-state index contributed by atoms with van der Waals surface area (Å²) in [6.45, 7) is 3.87. The number of nitrogens with zero attached hydrogens (tertiary/aromatic N) is 5. The first-order valence-corrected chi connectivity index (χ1v) is 9.75. The van der Waals surface area contributed by atoms with Gasteiger partial charge < -0.3 is 8.83 Å². The van der Waals surface area contributed by atoms with Crippen LogP contribution >= 0.6 is 34.7 Å². The first kappa shape index (κ1) is 17.2. The molecule has 0 aliphatic heterocycles. The number of hydrogen-bond donors (Lipinski definition) is 0. The van der Waals surface area contributed by atoms with E-state index in [0.717, 1.165) is 21.1 Å². The molecule has 0 amide bonds. The quantitative estimate of drug-likeness (QED) is 0.437. The van der Waals surface area contributed by atoms with Gasteiger partial charge in [0.15, 0.2) is 0 Å². The highest BCUT2D eigenvalue weighted by Crippen LogP contribution is 2.31. The summed E-state index contributed by atoms with van der Waals surface area (Å²) >= 11 is 8.75. The predicted octanol–water partition coefficient (Wildman–Crippen LogP) is 4.81. The van der Waals surface area contributed by atoms with E-state index in [9.17, 15) is 0 Å². The van der Waals surface area contributed by atoms with E-state index in [1.54, 1.807) is 12.1 Å². The summed E-state index contributed by atoms with van der Waals surface area (Å²) in [5, 5.41) is 18.3. The Bertz CT molecular complexity index is 1040. The third kappa shape index (κ3) is 3.64. The first-order valence-electron chi connectivity index (χ1n) is 7.57. The summed E-state index contributed by atoms with van der Waals surface area (Å²) in [6, 6.07) is 7.21. The molecule has 0 aliphatic carbocycles. The van der Waals surface area contributed by atoms with Crippen LogP contribution in [0.3, 0.4) is 0 Å².